The maximum Gasteiger partial charge on any atom is 0.325 e. The second-order valence-corrected chi connectivity index (χ2v) is 4.54. The van der Waals surface area contributed by atoms with E-state index in [1.807, 2.05) is 6.07 Å². The summed E-state index contributed by atoms with van der Waals surface area (Å²) in [5.74, 6) is -0.851. The summed E-state index contributed by atoms with van der Waals surface area (Å²) in [7, 11) is 1.27. The first kappa shape index (κ1) is 15.6. The first-order valence-corrected chi connectivity index (χ1v) is 6.16. The topological polar surface area (TPSA) is 83.3 Å². The molecule has 0 atom stereocenters. The number of carbonyl (C=O) groups excluding carboxylic acids is 2. The van der Waals surface area contributed by atoms with E-state index in [2.05, 4.69) is 9.72 Å². The molecule has 0 unspecified atom stereocenters. The van der Waals surface area contributed by atoms with Crippen LogP contribution in [0.5, 0.6) is 0 Å². The van der Waals surface area contributed by atoms with Gasteiger partial charge in [-0.05, 0) is 32.9 Å². The average Bonchev–Trinajstić information content (AvgIpc) is 2.43. The molecule has 1 heterocycles. The molecule has 0 aliphatic heterocycles. The molecule has 0 aliphatic rings. The molecule has 0 saturated heterocycles. The van der Waals surface area contributed by atoms with Crippen LogP contribution in [0.2, 0.25) is 0 Å². The van der Waals surface area contributed by atoms with Crippen molar-refractivity contribution < 1.29 is 14.3 Å². The van der Waals surface area contributed by atoms with Crippen molar-refractivity contribution in [2.45, 2.75) is 26.8 Å². The molecule has 0 aromatic carbocycles. The van der Waals surface area contributed by atoms with Crippen LogP contribution in [0.4, 0.5) is 0 Å². The maximum absolute atomic E-state index is 12.4. The second-order valence-electron chi connectivity index (χ2n) is 4.54. The normalized spacial score (nSPS) is 10.0. The molecular formula is C14H17N3O3. The van der Waals surface area contributed by atoms with E-state index in [4.69, 9.17) is 5.26 Å². The molecule has 106 valence electrons. The second kappa shape index (κ2) is 6.66. The van der Waals surface area contributed by atoms with Crippen LogP contribution in [-0.2, 0) is 9.53 Å². The van der Waals surface area contributed by atoms with Gasteiger partial charge in [0.15, 0.2) is 0 Å². The van der Waals surface area contributed by atoms with Crippen molar-refractivity contribution in [2.24, 2.45) is 0 Å². The molecule has 0 aliphatic carbocycles. The lowest BCUT2D eigenvalue weighted by molar-refractivity contribution is -0.141. The van der Waals surface area contributed by atoms with E-state index in [0.29, 0.717) is 11.3 Å². The van der Waals surface area contributed by atoms with Gasteiger partial charge < -0.3 is 9.64 Å². The van der Waals surface area contributed by atoms with Gasteiger partial charge in [0.25, 0.3) is 5.91 Å². The average molecular weight is 275 g/mol. The third-order valence-corrected chi connectivity index (χ3v) is 2.84. The van der Waals surface area contributed by atoms with Crippen molar-refractivity contribution >= 4 is 11.9 Å². The summed E-state index contributed by atoms with van der Waals surface area (Å²) < 4.78 is 4.58. The van der Waals surface area contributed by atoms with E-state index in [-0.39, 0.29) is 24.2 Å². The molecule has 20 heavy (non-hydrogen) atoms. The lowest BCUT2D eigenvalue weighted by Gasteiger charge is -2.25. The Morgan fingerprint density at radius 1 is 1.45 bits per heavy atom. The number of hydrogen-bond donors (Lipinski definition) is 0. The highest BCUT2D eigenvalue weighted by Crippen LogP contribution is 2.10. The number of esters is 1. The van der Waals surface area contributed by atoms with Crippen LogP contribution in [0.25, 0.3) is 0 Å². The van der Waals surface area contributed by atoms with Crippen molar-refractivity contribution in [1.29, 1.82) is 5.26 Å². The molecule has 6 nitrogen and oxygen atoms in total. The third-order valence-electron chi connectivity index (χ3n) is 2.84. The van der Waals surface area contributed by atoms with Crippen LogP contribution in [-0.4, -0.2) is 41.5 Å². The Morgan fingerprint density at radius 2 is 2.10 bits per heavy atom. The van der Waals surface area contributed by atoms with Gasteiger partial charge in [0.1, 0.15) is 18.3 Å². The summed E-state index contributed by atoms with van der Waals surface area (Å²) in [5.41, 5.74) is 1.12. The zero-order valence-corrected chi connectivity index (χ0v) is 12.0. The van der Waals surface area contributed by atoms with Gasteiger partial charge in [-0.15, -0.1) is 0 Å². The lowest BCUT2D eigenvalue weighted by Crippen LogP contribution is -2.41. The highest BCUT2D eigenvalue weighted by atomic mass is 16.5. The molecule has 1 rings (SSSR count). The third kappa shape index (κ3) is 3.54. The van der Waals surface area contributed by atoms with Crippen molar-refractivity contribution in [1.82, 2.24) is 9.88 Å². The predicted molar refractivity (Wildman–Crippen MR) is 71.9 cm³/mol. The monoisotopic (exact) mass is 275 g/mol. The van der Waals surface area contributed by atoms with Gasteiger partial charge in [-0.1, -0.05) is 0 Å². The number of pyridine rings is 1. The predicted octanol–water partition coefficient (Wildman–Crippen LogP) is 1.29. The Balaban J connectivity index is 3.04. The fourth-order valence-electron chi connectivity index (χ4n) is 1.64. The van der Waals surface area contributed by atoms with Gasteiger partial charge in [0, 0.05) is 6.04 Å². The van der Waals surface area contributed by atoms with Crippen molar-refractivity contribution in [3.63, 3.8) is 0 Å². The highest BCUT2D eigenvalue weighted by Gasteiger charge is 2.23. The summed E-state index contributed by atoms with van der Waals surface area (Å²) in [6.45, 7) is 5.14. The van der Waals surface area contributed by atoms with Crippen LogP contribution >= 0.6 is 0 Å². The van der Waals surface area contributed by atoms with Gasteiger partial charge in [0.2, 0.25) is 0 Å². The minimum Gasteiger partial charge on any atom is -0.468 e. The number of methoxy groups -OCH3 is 1. The molecular weight excluding hydrogens is 258 g/mol. The van der Waals surface area contributed by atoms with Crippen molar-refractivity contribution in [3.05, 3.63) is 29.1 Å². The number of nitrogens with zero attached hydrogens (tertiary/aromatic N) is 3. The molecule has 0 N–H and O–H groups in total. The first-order chi connectivity index (χ1) is 9.40. The molecule has 0 spiro atoms. The van der Waals surface area contributed by atoms with Gasteiger partial charge in [0.05, 0.1) is 18.4 Å². The number of ether oxygens (including phenoxy) is 1. The van der Waals surface area contributed by atoms with E-state index in [1.165, 1.54) is 18.1 Å². The lowest BCUT2D eigenvalue weighted by atomic mass is 10.2. The van der Waals surface area contributed by atoms with Gasteiger partial charge in [-0.25, -0.2) is 4.98 Å². The Labute approximate surface area is 118 Å². The number of aromatic nitrogens is 1. The van der Waals surface area contributed by atoms with Crippen molar-refractivity contribution in [2.75, 3.05) is 13.7 Å². The molecule has 1 aromatic rings. The number of hydrogen-bond acceptors (Lipinski definition) is 5. The van der Waals surface area contributed by atoms with E-state index < -0.39 is 5.97 Å². The number of rotatable bonds is 4. The van der Waals surface area contributed by atoms with Crippen LogP contribution in [0.3, 0.4) is 0 Å². The zero-order valence-electron chi connectivity index (χ0n) is 12.0. The Bertz CT molecular complexity index is 561. The molecule has 1 aromatic heterocycles. The zero-order chi connectivity index (χ0) is 15.3. The SMILES string of the molecule is COC(=O)CN(C(=O)c1ccc(C#N)c(C)n1)C(C)C. The quantitative estimate of drug-likeness (QED) is 0.773. The fourth-order valence-corrected chi connectivity index (χ4v) is 1.64. The number of aryl methyl sites for hydroxylation is 1. The largest absolute Gasteiger partial charge is 0.468 e. The van der Waals surface area contributed by atoms with Crippen LogP contribution in [0.1, 0.15) is 35.6 Å². The first-order valence-electron chi connectivity index (χ1n) is 6.16. The van der Waals surface area contributed by atoms with E-state index in [0.717, 1.165) is 0 Å². The van der Waals surface area contributed by atoms with E-state index in [1.54, 1.807) is 26.8 Å². The maximum atomic E-state index is 12.4. The summed E-state index contributed by atoms with van der Waals surface area (Å²) in [5, 5.41) is 8.85. The molecule has 1 amide bonds. The summed E-state index contributed by atoms with van der Waals surface area (Å²) in [6.07, 6.45) is 0. The van der Waals surface area contributed by atoms with Crippen molar-refractivity contribution in [3.8, 4) is 6.07 Å². The summed E-state index contributed by atoms with van der Waals surface area (Å²) in [6, 6.07) is 4.86. The molecule has 6 heteroatoms. The van der Waals surface area contributed by atoms with Gasteiger partial charge in [-0.2, -0.15) is 5.26 Å². The van der Waals surface area contributed by atoms with Crippen LogP contribution in [0.15, 0.2) is 12.1 Å². The molecule has 0 saturated carbocycles. The summed E-state index contributed by atoms with van der Waals surface area (Å²) >= 11 is 0. The van der Waals surface area contributed by atoms with E-state index in [9.17, 15) is 9.59 Å². The Morgan fingerprint density at radius 3 is 2.55 bits per heavy atom. The minimum absolute atomic E-state index is 0.131. The number of carbonyl (C=O) groups is 2. The number of amides is 1. The Kier molecular flexibility index (Phi) is 5.21. The van der Waals surface area contributed by atoms with Crippen LogP contribution < -0.4 is 0 Å². The smallest absolute Gasteiger partial charge is 0.325 e. The Hall–Kier alpha value is -2.42. The summed E-state index contributed by atoms with van der Waals surface area (Å²) in [4.78, 5) is 29.2. The fraction of sp³-hybridized carbons (Fsp3) is 0.429. The van der Waals surface area contributed by atoms with Crippen LogP contribution in [0, 0.1) is 18.3 Å². The van der Waals surface area contributed by atoms with Gasteiger partial charge >= 0.3 is 5.97 Å². The molecule has 0 bridgehead atoms. The van der Waals surface area contributed by atoms with E-state index >= 15 is 0 Å². The highest BCUT2D eigenvalue weighted by molar-refractivity contribution is 5.94. The number of nitriles is 1. The molecule has 0 fully saturated rings. The molecule has 0 radical (unpaired) electrons. The van der Waals surface area contributed by atoms with Gasteiger partial charge in [-0.3, -0.25) is 9.59 Å². The standard InChI is InChI=1S/C14H17N3O3/c1-9(2)17(8-13(18)20-4)14(19)12-6-5-11(7-15)10(3)16-12/h5-6,9H,8H2,1-4H3. The minimum atomic E-state index is -0.489.